The maximum absolute atomic E-state index is 12.5. The lowest BCUT2D eigenvalue weighted by atomic mass is 10.1. The first-order valence-electron chi connectivity index (χ1n) is 6.75. The normalized spacial score (nSPS) is 19.2. The molecule has 0 atom stereocenters. The largest absolute Gasteiger partial charge is 0.511 e. The Kier molecular flexibility index (Phi) is 7.26. The second-order valence-electron chi connectivity index (χ2n) is 4.76. The molecule has 0 radical (unpaired) electrons. The standard InChI is InChI=1S/C11H21F3N4O2S2/c1-15-10(16-5-8-21-2)17-9-3-6-18(7-4-9)22(19,20)11(12,13)14/h9H,3-8H2,1-2H3,(H2,15,16,17). The first-order valence-corrected chi connectivity index (χ1v) is 9.58. The van der Waals surface area contributed by atoms with Crippen molar-refractivity contribution in [1.82, 2.24) is 14.9 Å². The number of halogens is 3. The Morgan fingerprint density at radius 2 is 1.95 bits per heavy atom. The molecule has 2 N–H and O–H groups in total. The van der Waals surface area contributed by atoms with Gasteiger partial charge in [-0.15, -0.1) is 0 Å². The van der Waals surface area contributed by atoms with Crippen molar-refractivity contribution in [2.45, 2.75) is 24.4 Å². The summed E-state index contributed by atoms with van der Waals surface area (Å²) < 4.78 is 60.5. The summed E-state index contributed by atoms with van der Waals surface area (Å²) in [5.41, 5.74) is -5.23. The van der Waals surface area contributed by atoms with Crippen LogP contribution in [0.15, 0.2) is 4.99 Å². The van der Waals surface area contributed by atoms with E-state index in [0.29, 0.717) is 23.1 Å². The van der Waals surface area contributed by atoms with E-state index < -0.39 is 15.5 Å². The van der Waals surface area contributed by atoms with Crippen LogP contribution in [0, 0.1) is 0 Å². The Balaban J connectivity index is 2.49. The molecule has 0 aromatic carbocycles. The molecular weight excluding hydrogens is 341 g/mol. The third-order valence-electron chi connectivity index (χ3n) is 3.25. The molecule has 0 aliphatic carbocycles. The lowest BCUT2D eigenvalue weighted by Crippen LogP contribution is -2.51. The Bertz CT molecular complexity index is 474. The molecule has 22 heavy (non-hydrogen) atoms. The van der Waals surface area contributed by atoms with Gasteiger partial charge in [0.2, 0.25) is 0 Å². The van der Waals surface area contributed by atoms with Gasteiger partial charge in [-0.1, -0.05) is 0 Å². The highest BCUT2D eigenvalue weighted by Gasteiger charge is 2.50. The number of nitrogens with one attached hydrogen (secondary N) is 2. The van der Waals surface area contributed by atoms with E-state index in [-0.39, 0.29) is 19.1 Å². The van der Waals surface area contributed by atoms with Gasteiger partial charge in [-0.25, -0.2) is 8.42 Å². The van der Waals surface area contributed by atoms with Crippen molar-refractivity contribution >= 4 is 27.7 Å². The van der Waals surface area contributed by atoms with Crippen molar-refractivity contribution in [1.29, 1.82) is 0 Å². The first-order chi connectivity index (χ1) is 10.2. The van der Waals surface area contributed by atoms with E-state index in [1.165, 1.54) is 0 Å². The number of thioether (sulfide) groups is 1. The summed E-state index contributed by atoms with van der Waals surface area (Å²) in [6, 6.07) is -0.0971. The number of guanidine groups is 1. The van der Waals surface area contributed by atoms with Crippen molar-refractivity contribution in [3.05, 3.63) is 0 Å². The highest BCUT2D eigenvalue weighted by Crippen LogP contribution is 2.28. The van der Waals surface area contributed by atoms with E-state index in [0.717, 1.165) is 12.3 Å². The van der Waals surface area contributed by atoms with Crippen LogP contribution in [0.3, 0.4) is 0 Å². The van der Waals surface area contributed by atoms with E-state index in [9.17, 15) is 21.6 Å². The van der Waals surface area contributed by atoms with Crippen LogP contribution in [-0.4, -0.2) is 68.9 Å². The summed E-state index contributed by atoms with van der Waals surface area (Å²) in [5, 5.41) is 6.19. The number of nitrogens with zero attached hydrogens (tertiary/aromatic N) is 2. The van der Waals surface area contributed by atoms with Crippen LogP contribution < -0.4 is 10.6 Å². The molecule has 130 valence electrons. The third kappa shape index (κ3) is 5.20. The molecule has 0 bridgehead atoms. The van der Waals surface area contributed by atoms with Crippen LogP contribution in [0.1, 0.15) is 12.8 Å². The van der Waals surface area contributed by atoms with Crippen LogP contribution in [0.25, 0.3) is 0 Å². The predicted octanol–water partition coefficient (Wildman–Crippen LogP) is 0.828. The molecule has 1 heterocycles. The minimum absolute atomic E-state index is 0.0971. The topological polar surface area (TPSA) is 73.8 Å². The summed E-state index contributed by atoms with van der Waals surface area (Å²) in [7, 11) is -3.61. The number of aliphatic imine (C=N–C) groups is 1. The summed E-state index contributed by atoms with van der Waals surface area (Å²) >= 11 is 1.68. The minimum Gasteiger partial charge on any atom is -0.356 e. The number of alkyl halides is 3. The van der Waals surface area contributed by atoms with Crippen molar-refractivity contribution in [2.24, 2.45) is 4.99 Å². The summed E-state index contributed by atoms with van der Waals surface area (Å²) in [5.74, 6) is 1.48. The van der Waals surface area contributed by atoms with Crippen molar-refractivity contribution in [3.63, 3.8) is 0 Å². The zero-order chi connectivity index (χ0) is 16.8. The van der Waals surface area contributed by atoms with Crippen LogP contribution in [0.2, 0.25) is 0 Å². The van der Waals surface area contributed by atoms with Gasteiger partial charge >= 0.3 is 15.5 Å². The van der Waals surface area contributed by atoms with Gasteiger partial charge in [-0.05, 0) is 19.1 Å². The average Bonchev–Trinajstić information content (AvgIpc) is 2.45. The van der Waals surface area contributed by atoms with Crippen LogP contribution in [0.4, 0.5) is 13.2 Å². The highest BCUT2D eigenvalue weighted by molar-refractivity contribution is 7.98. The molecule has 0 unspecified atom stereocenters. The second kappa shape index (κ2) is 8.25. The van der Waals surface area contributed by atoms with Crippen molar-refractivity contribution in [2.75, 3.05) is 38.7 Å². The zero-order valence-corrected chi connectivity index (χ0v) is 14.1. The van der Waals surface area contributed by atoms with Gasteiger partial charge in [0.05, 0.1) is 0 Å². The maximum Gasteiger partial charge on any atom is 0.511 e. The SMILES string of the molecule is CN=C(NCCSC)NC1CCN(S(=O)(=O)C(F)(F)F)CC1. The van der Waals surface area contributed by atoms with E-state index in [4.69, 9.17) is 0 Å². The Hall–Kier alpha value is -0.680. The van der Waals surface area contributed by atoms with E-state index in [1.807, 2.05) is 6.26 Å². The fourth-order valence-electron chi connectivity index (χ4n) is 2.05. The smallest absolute Gasteiger partial charge is 0.356 e. The number of hydrogen-bond acceptors (Lipinski definition) is 4. The summed E-state index contributed by atoms with van der Waals surface area (Å²) in [6.45, 7) is 0.421. The van der Waals surface area contributed by atoms with E-state index >= 15 is 0 Å². The molecule has 1 rings (SSSR count). The Morgan fingerprint density at radius 3 is 2.41 bits per heavy atom. The molecule has 0 aromatic heterocycles. The van der Waals surface area contributed by atoms with Crippen molar-refractivity contribution in [3.8, 4) is 0 Å². The monoisotopic (exact) mass is 362 g/mol. The molecule has 0 saturated carbocycles. The highest BCUT2D eigenvalue weighted by atomic mass is 32.2. The Labute approximate surface area is 133 Å². The fraction of sp³-hybridized carbons (Fsp3) is 0.909. The number of sulfonamides is 1. The van der Waals surface area contributed by atoms with Gasteiger partial charge in [0.1, 0.15) is 0 Å². The van der Waals surface area contributed by atoms with Gasteiger partial charge in [-0.3, -0.25) is 4.99 Å². The molecule has 0 amide bonds. The zero-order valence-electron chi connectivity index (χ0n) is 12.5. The molecule has 11 heteroatoms. The third-order valence-corrected chi connectivity index (χ3v) is 5.49. The van der Waals surface area contributed by atoms with E-state index in [2.05, 4.69) is 15.6 Å². The van der Waals surface area contributed by atoms with Crippen molar-refractivity contribution < 1.29 is 21.6 Å². The quantitative estimate of drug-likeness (QED) is 0.431. The molecule has 1 aliphatic heterocycles. The lowest BCUT2D eigenvalue weighted by molar-refractivity contribution is -0.0494. The van der Waals surface area contributed by atoms with Crippen LogP contribution in [-0.2, 0) is 10.0 Å². The van der Waals surface area contributed by atoms with Gasteiger partial charge in [0, 0.05) is 38.5 Å². The lowest BCUT2D eigenvalue weighted by Gasteiger charge is -2.32. The predicted molar refractivity (Wildman–Crippen MR) is 82.4 cm³/mol. The van der Waals surface area contributed by atoms with Gasteiger partial charge in [0.15, 0.2) is 5.96 Å². The van der Waals surface area contributed by atoms with Gasteiger partial charge < -0.3 is 10.6 Å². The average molecular weight is 362 g/mol. The molecule has 1 aliphatic rings. The van der Waals surface area contributed by atoms with Crippen LogP contribution >= 0.6 is 11.8 Å². The van der Waals surface area contributed by atoms with Gasteiger partial charge in [-0.2, -0.15) is 29.2 Å². The molecule has 0 spiro atoms. The first kappa shape index (κ1) is 19.4. The molecule has 1 fully saturated rings. The maximum atomic E-state index is 12.5. The minimum atomic E-state index is -5.23. The molecule has 6 nitrogen and oxygen atoms in total. The molecule has 1 saturated heterocycles. The van der Waals surface area contributed by atoms with Crippen LogP contribution in [0.5, 0.6) is 0 Å². The number of piperidine rings is 1. The van der Waals surface area contributed by atoms with E-state index in [1.54, 1.807) is 18.8 Å². The summed E-state index contributed by atoms with van der Waals surface area (Å²) in [4.78, 5) is 4.03. The fourth-order valence-corrected chi connectivity index (χ4v) is 3.34. The van der Waals surface area contributed by atoms with Gasteiger partial charge in [0.25, 0.3) is 0 Å². The summed E-state index contributed by atoms with van der Waals surface area (Å²) in [6.07, 6.45) is 2.59. The Morgan fingerprint density at radius 1 is 1.36 bits per heavy atom. The number of hydrogen-bond donors (Lipinski definition) is 2. The molecule has 0 aromatic rings. The molecular formula is C11H21F3N4O2S2. The second-order valence-corrected chi connectivity index (χ2v) is 7.68. The number of rotatable bonds is 5.